The first-order chi connectivity index (χ1) is 16.0. The summed E-state index contributed by atoms with van der Waals surface area (Å²) in [5.74, 6) is 0.760. The number of alkyl halides is 1. The molecule has 1 aliphatic heterocycles. The molecule has 2 aromatic rings. The Morgan fingerprint density at radius 1 is 1.18 bits per heavy atom. The first kappa shape index (κ1) is 23.4. The molecule has 9 heteroatoms. The van der Waals surface area contributed by atoms with Gasteiger partial charge in [-0.25, -0.2) is 9.37 Å². The van der Waals surface area contributed by atoms with E-state index < -0.39 is 6.17 Å². The Morgan fingerprint density at radius 2 is 2.00 bits per heavy atom. The average molecular weight is 458 g/mol. The van der Waals surface area contributed by atoms with Gasteiger partial charge in [-0.1, -0.05) is 13.0 Å². The Morgan fingerprint density at radius 3 is 2.67 bits per heavy atom. The second-order valence-electron chi connectivity index (χ2n) is 8.90. The van der Waals surface area contributed by atoms with Crippen molar-refractivity contribution in [3.8, 4) is 11.3 Å². The topological polar surface area (TPSA) is 109 Å². The molecule has 8 nitrogen and oxygen atoms in total. The van der Waals surface area contributed by atoms with Gasteiger partial charge >= 0.3 is 5.97 Å². The Hall–Kier alpha value is -2.81. The lowest BCUT2D eigenvalue weighted by molar-refractivity contribution is -0.141. The molecular formula is C24H32FN5O3. The van der Waals surface area contributed by atoms with Crippen LogP contribution in [-0.4, -0.2) is 57.5 Å². The van der Waals surface area contributed by atoms with E-state index in [0.29, 0.717) is 31.2 Å². The number of ether oxygens (including phenoxy) is 1. The van der Waals surface area contributed by atoms with Crippen LogP contribution in [0.1, 0.15) is 51.0 Å². The van der Waals surface area contributed by atoms with Gasteiger partial charge in [0.05, 0.1) is 29.9 Å². The third-order valence-electron chi connectivity index (χ3n) is 6.38. The molecule has 3 heterocycles. The summed E-state index contributed by atoms with van der Waals surface area (Å²) in [7, 11) is 0. The summed E-state index contributed by atoms with van der Waals surface area (Å²) < 4.78 is 18.7. The predicted molar refractivity (Wildman–Crippen MR) is 124 cm³/mol. The van der Waals surface area contributed by atoms with Crippen molar-refractivity contribution in [1.29, 1.82) is 0 Å². The number of rotatable bonds is 9. The lowest BCUT2D eigenvalue weighted by Gasteiger charge is -2.27. The molecule has 2 aromatic heterocycles. The highest BCUT2D eigenvalue weighted by molar-refractivity contribution is 5.75. The molecule has 4 rings (SSSR count). The van der Waals surface area contributed by atoms with Crippen molar-refractivity contribution in [3.05, 3.63) is 30.1 Å². The minimum Gasteiger partial charge on any atom is -0.465 e. The number of aliphatic hydroxyl groups excluding tert-OH is 1. The van der Waals surface area contributed by atoms with E-state index in [2.05, 4.69) is 25.6 Å². The Labute approximate surface area is 193 Å². The van der Waals surface area contributed by atoms with Gasteiger partial charge in [-0.15, -0.1) is 0 Å². The van der Waals surface area contributed by atoms with E-state index in [1.807, 2.05) is 12.1 Å². The first-order valence-corrected chi connectivity index (χ1v) is 11.8. The molecule has 0 aromatic carbocycles. The average Bonchev–Trinajstić information content (AvgIpc) is 3.24. The number of cyclic esters (lactones) is 1. The number of halogens is 1. The third-order valence-corrected chi connectivity index (χ3v) is 6.38. The van der Waals surface area contributed by atoms with Crippen LogP contribution < -0.4 is 10.6 Å². The molecule has 2 aliphatic rings. The zero-order chi connectivity index (χ0) is 23.2. The zero-order valence-electron chi connectivity index (χ0n) is 19.0. The van der Waals surface area contributed by atoms with Crippen LogP contribution in [0.3, 0.4) is 0 Å². The summed E-state index contributed by atoms with van der Waals surface area (Å²) in [6.45, 7) is 2.44. The fourth-order valence-corrected chi connectivity index (χ4v) is 4.24. The molecule has 1 aliphatic carbocycles. The van der Waals surface area contributed by atoms with E-state index in [0.717, 1.165) is 48.9 Å². The maximum absolute atomic E-state index is 13.7. The van der Waals surface area contributed by atoms with Crippen molar-refractivity contribution in [1.82, 2.24) is 15.0 Å². The highest BCUT2D eigenvalue weighted by Gasteiger charge is 2.27. The van der Waals surface area contributed by atoms with Crippen LogP contribution in [-0.2, 0) is 16.0 Å². The Balaban J connectivity index is 1.52. The van der Waals surface area contributed by atoms with Gasteiger partial charge in [0.15, 0.2) is 0 Å². The molecule has 178 valence electrons. The summed E-state index contributed by atoms with van der Waals surface area (Å²) in [5, 5.41) is 16.3. The zero-order valence-corrected chi connectivity index (χ0v) is 19.0. The SMILES string of the molecule is CC[C@H](F)CNc1ncc(-c2ccc(CC3CCOC3=O)cn2)c(N[C@H]2CC[C@H](O)CC2)n1. The van der Waals surface area contributed by atoms with E-state index in [-0.39, 0.29) is 30.6 Å². The molecule has 33 heavy (non-hydrogen) atoms. The highest BCUT2D eigenvalue weighted by Crippen LogP contribution is 2.29. The van der Waals surface area contributed by atoms with E-state index in [9.17, 15) is 14.3 Å². The van der Waals surface area contributed by atoms with Crippen LogP contribution in [0, 0.1) is 5.92 Å². The molecule has 2 atom stereocenters. The van der Waals surface area contributed by atoms with Crippen molar-refractivity contribution in [2.24, 2.45) is 5.92 Å². The normalized spacial score (nSPS) is 23.7. The number of carbonyl (C=O) groups is 1. The molecular weight excluding hydrogens is 425 g/mol. The number of nitrogens with one attached hydrogen (secondary N) is 2. The smallest absolute Gasteiger partial charge is 0.309 e. The summed E-state index contributed by atoms with van der Waals surface area (Å²) in [5.41, 5.74) is 2.45. The fourth-order valence-electron chi connectivity index (χ4n) is 4.24. The van der Waals surface area contributed by atoms with Gasteiger partial charge in [-0.05, 0) is 56.6 Å². The van der Waals surface area contributed by atoms with Crippen LogP contribution in [0.2, 0.25) is 0 Å². The molecule has 0 bridgehead atoms. The number of esters is 1. The van der Waals surface area contributed by atoms with Gasteiger partial charge in [0.2, 0.25) is 5.95 Å². The standard InChI is InChI=1S/C24H32FN5O3/c1-2-17(25)13-27-24-28-14-20(22(30-24)29-18-4-6-19(31)7-5-18)21-8-3-15(12-26-21)11-16-9-10-33-23(16)32/h3,8,12,14,16-19,31H,2,4-7,9-11,13H2,1H3,(H2,27,28,29,30)/t16?,17-,18-,19-/m0/s1. The Kier molecular flexibility index (Phi) is 7.69. The minimum absolute atomic E-state index is 0.104. The first-order valence-electron chi connectivity index (χ1n) is 11.8. The van der Waals surface area contributed by atoms with Crippen LogP contribution >= 0.6 is 0 Å². The maximum atomic E-state index is 13.7. The molecule has 0 amide bonds. The summed E-state index contributed by atoms with van der Waals surface area (Å²) >= 11 is 0. The molecule has 1 saturated carbocycles. The van der Waals surface area contributed by atoms with Gasteiger partial charge in [-0.2, -0.15) is 4.98 Å². The second kappa shape index (κ2) is 10.9. The van der Waals surface area contributed by atoms with E-state index in [1.54, 1.807) is 19.3 Å². The lowest BCUT2D eigenvalue weighted by atomic mass is 9.93. The number of anilines is 2. The van der Waals surface area contributed by atoms with Crippen molar-refractivity contribution < 1.29 is 19.0 Å². The summed E-state index contributed by atoms with van der Waals surface area (Å²) in [4.78, 5) is 25.4. The minimum atomic E-state index is -0.962. The molecule has 0 radical (unpaired) electrons. The third kappa shape index (κ3) is 6.16. The molecule has 2 fully saturated rings. The molecule has 0 spiro atoms. The van der Waals surface area contributed by atoms with Gasteiger partial charge < -0.3 is 20.5 Å². The van der Waals surface area contributed by atoms with Crippen molar-refractivity contribution in [3.63, 3.8) is 0 Å². The van der Waals surface area contributed by atoms with Gasteiger partial charge in [0.1, 0.15) is 12.0 Å². The number of hydrogen-bond acceptors (Lipinski definition) is 8. The number of hydrogen-bond donors (Lipinski definition) is 3. The molecule has 1 saturated heterocycles. The van der Waals surface area contributed by atoms with Gasteiger partial charge in [0.25, 0.3) is 0 Å². The Bertz CT molecular complexity index is 934. The second-order valence-corrected chi connectivity index (χ2v) is 8.90. The van der Waals surface area contributed by atoms with Crippen LogP contribution in [0.15, 0.2) is 24.5 Å². The summed E-state index contributed by atoms with van der Waals surface area (Å²) in [6, 6.07) is 4.06. The number of pyridine rings is 1. The monoisotopic (exact) mass is 457 g/mol. The van der Waals surface area contributed by atoms with Crippen molar-refractivity contribution >= 4 is 17.7 Å². The predicted octanol–water partition coefficient (Wildman–Crippen LogP) is 3.52. The number of aliphatic hydroxyl groups is 1. The molecule has 1 unspecified atom stereocenters. The number of aromatic nitrogens is 3. The van der Waals surface area contributed by atoms with E-state index in [1.165, 1.54) is 0 Å². The fraction of sp³-hybridized carbons (Fsp3) is 0.583. The van der Waals surface area contributed by atoms with Crippen molar-refractivity contribution in [2.45, 2.75) is 70.2 Å². The lowest BCUT2D eigenvalue weighted by Crippen LogP contribution is -2.29. The van der Waals surface area contributed by atoms with Crippen LogP contribution in [0.25, 0.3) is 11.3 Å². The van der Waals surface area contributed by atoms with E-state index >= 15 is 0 Å². The number of nitrogens with zero attached hydrogens (tertiary/aromatic N) is 3. The quantitative estimate of drug-likeness (QED) is 0.491. The number of carbonyl (C=O) groups excluding carboxylic acids is 1. The highest BCUT2D eigenvalue weighted by atomic mass is 19.1. The maximum Gasteiger partial charge on any atom is 0.309 e. The largest absolute Gasteiger partial charge is 0.465 e. The van der Waals surface area contributed by atoms with Crippen molar-refractivity contribution in [2.75, 3.05) is 23.8 Å². The van der Waals surface area contributed by atoms with Gasteiger partial charge in [0, 0.05) is 25.0 Å². The van der Waals surface area contributed by atoms with Crippen LogP contribution in [0.4, 0.5) is 16.2 Å². The van der Waals surface area contributed by atoms with Crippen LogP contribution in [0.5, 0.6) is 0 Å². The van der Waals surface area contributed by atoms with E-state index in [4.69, 9.17) is 4.74 Å². The summed E-state index contributed by atoms with van der Waals surface area (Å²) in [6.07, 6.45) is 7.25. The molecule has 3 N–H and O–H groups in total. The van der Waals surface area contributed by atoms with Gasteiger partial charge in [-0.3, -0.25) is 9.78 Å².